The minimum Gasteiger partial charge on any atom is -0.469 e. The number of rotatable bonds is 5. The molecule has 0 aliphatic rings. The number of carbonyl (C=O) groups is 1. The molecule has 0 saturated heterocycles. The third-order valence-electron chi connectivity index (χ3n) is 2.37. The molecule has 0 aliphatic carbocycles. The van der Waals surface area contributed by atoms with Gasteiger partial charge in [0.05, 0.1) is 13.5 Å². The number of thioether (sulfide) groups is 1. The van der Waals surface area contributed by atoms with Crippen LogP contribution in [0, 0.1) is 6.92 Å². The van der Waals surface area contributed by atoms with Crippen LogP contribution in [0.25, 0.3) is 0 Å². The molecule has 0 spiro atoms. The SMILES string of the molecule is COC(=O)CC(C)Sc1cc(C)nc(C(C)C)n1. The summed E-state index contributed by atoms with van der Waals surface area (Å²) in [6.07, 6.45) is 0.390. The van der Waals surface area contributed by atoms with Crippen molar-refractivity contribution in [3.63, 3.8) is 0 Å². The summed E-state index contributed by atoms with van der Waals surface area (Å²) in [6.45, 7) is 8.10. The van der Waals surface area contributed by atoms with Gasteiger partial charge in [-0.15, -0.1) is 11.8 Å². The van der Waals surface area contributed by atoms with Gasteiger partial charge in [-0.1, -0.05) is 20.8 Å². The molecule has 0 aliphatic heterocycles. The van der Waals surface area contributed by atoms with Gasteiger partial charge in [0.2, 0.25) is 0 Å². The topological polar surface area (TPSA) is 52.1 Å². The highest BCUT2D eigenvalue weighted by Gasteiger charge is 2.13. The van der Waals surface area contributed by atoms with Gasteiger partial charge in [-0.25, -0.2) is 9.97 Å². The van der Waals surface area contributed by atoms with E-state index in [1.165, 1.54) is 7.11 Å². The molecule has 1 unspecified atom stereocenters. The number of hydrogen-bond acceptors (Lipinski definition) is 5. The Bertz CT molecular complexity index is 421. The van der Waals surface area contributed by atoms with E-state index in [4.69, 9.17) is 0 Å². The van der Waals surface area contributed by atoms with Crippen molar-refractivity contribution < 1.29 is 9.53 Å². The predicted octanol–water partition coefficient (Wildman–Crippen LogP) is 2.95. The monoisotopic (exact) mass is 268 g/mol. The highest BCUT2D eigenvalue weighted by atomic mass is 32.2. The first kappa shape index (κ1) is 15.0. The molecule has 0 fully saturated rings. The molecule has 100 valence electrons. The van der Waals surface area contributed by atoms with Gasteiger partial charge < -0.3 is 4.74 Å². The minimum absolute atomic E-state index is 0.145. The summed E-state index contributed by atoms with van der Waals surface area (Å²) in [5.74, 6) is 0.966. The average molecular weight is 268 g/mol. The highest BCUT2D eigenvalue weighted by Crippen LogP contribution is 2.25. The zero-order valence-electron chi connectivity index (χ0n) is 11.6. The van der Waals surface area contributed by atoms with Crippen molar-refractivity contribution in [1.82, 2.24) is 9.97 Å². The van der Waals surface area contributed by atoms with Crippen LogP contribution in [0.3, 0.4) is 0 Å². The molecule has 0 radical (unpaired) electrons. The number of carbonyl (C=O) groups excluding carboxylic acids is 1. The van der Waals surface area contributed by atoms with Crippen molar-refractivity contribution >= 4 is 17.7 Å². The molecule has 4 nitrogen and oxygen atoms in total. The lowest BCUT2D eigenvalue weighted by Crippen LogP contribution is -2.09. The quantitative estimate of drug-likeness (QED) is 0.467. The van der Waals surface area contributed by atoms with Crippen molar-refractivity contribution in [1.29, 1.82) is 0 Å². The largest absolute Gasteiger partial charge is 0.469 e. The fraction of sp³-hybridized carbons (Fsp3) is 0.615. The van der Waals surface area contributed by atoms with Crippen LogP contribution < -0.4 is 0 Å². The molecule has 0 saturated carbocycles. The molecule has 0 N–H and O–H groups in total. The molecule has 1 aromatic rings. The number of aryl methyl sites for hydroxylation is 1. The molecule has 0 amide bonds. The molecule has 5 heteroatoms. The molecule has 1 rings (SSSR count). The summed E-state index contributed by atoms with van der Waals surface area (Å²) < 4.78 is 4.66. The Morgan fingerprint density at radius 3 is 2.61 bits per heavy atom. The standard InChI is InChI=1S/C13H20N2O2S/c1-8(2)13-14-9(3)6-11(15-13)18-10(4)7-12(16)17-5/h6,8,10H,7H2,1-5H3. The van der Waals surface area contributed by atoms with Gasteiger partial charge in [-0.3, -0.25) is 4.79 Å². The number of ether oxygens (including phenoxy) is 1. The summed E-state index contributed by atoms with van der Waals surface area (Å²) in [5, 5.41) is 1.06. The van der Waals surface area contributed by atoms with Crippen LogP contribution in [-0.4, -0.2) is 28.3 Å². The first-order valence-electron chi connectivity index (χ1n) is 6.01. The Kier molecular flexibility index (Phi) is 5.59. The number of esters is 1. The zero-order chi connectivity index (χ0) is 13.7. The van der Waals surface area contributed by atoms with Gasteiger partial charge in [0.25, 0.3) is 0 Å². The minimum atomic E-state index is -0.190. The molecule has 1 atom stereocenters. The lowest BCUT2D eigenvalue weighted by molar-refractivity contribution is -0.140. The Hall–Kier alpha value is -1.10. The maximum absolute atomic E-state index is 11.2. The summed E-state index contributed by atoms with van der Waals surface area (Å²) in [5.41, 5.74) is 0.960. The van der Waals surface area contributed by atoms with Gasteiger partial charge in [0.1, 0.15) is 10.9 Å². The van der Waals surface area contributed by atoms with Crippen molar-refractivity contribution in [2.45, 2.75) is 50.3 Å². The Labute approximate surface area is 113 Å². The van der Waals surface area contributed by atoms with Crippen LogP contribution in [0.5, 0.6) is 0 Å². The summed E-state index contributed by atoms with van der Waals surface area (Å²) in [7, 11) is 1.41. The van der Waals surface area contributed by atoms with Crippen molar-refractivity contribution in [3.8, 4) is 0 Å². The molecule has 0 bridgehead atoms. The summed E-state index contributed by atoms with van der Waals surface area (Å²) in [4.78, 5) is 20.1. The van der Waals surface area contributed by atoms with E-state index in [1.807, 2.05) is 19.9 Å². The number of aromatic nitrogens is 2. The average Bonchev–Trinajstić information content (AvgIpc) is 2.27. The fourth-order valence-electron chi connectivity index (χ4n) is 1.45. The van der Waals surface area contributed by atoms with Gasteiger partial charge in [0.15, 0.2) is 0 Å². The van der Waals surface area contributed by atoms with Gasteiger partial charge in [-0.05, 0) is 13.0 Å². The van der Waals surface area contributed by atoms with Gasteiger partial charge >= 0.3 is 5.97 Å². The van der Waals surface area contributed by atoms with E-state index in [0.29, 0.717) is 12.3 Å². The van der Waals surface area contributed by atoms with Crippen LogP contribution in [0.2, 0.25) is 0 Å². The molecular weight excluding hydrogens is 248 g/mol. The first-order valence-corrected chi connectivity index (χ1v) is 6.89. The lowest BCUT2D eigenvalue weighted by Gasteiger charge is -2.11. The molecular formula is C13H20N2O2S. The second-order valence-electron chi connectivity index (χ2n) is 4.57. The van der Waals surface area contributed by atoms with Crippen molar-refractivity contribution in [3.05, 3.63) is 17.6 Å². The maximum Gasteiger partial charge on any atom is 0.306 e. The van der Waals surface area contributed by atoms with Gasteiger partial charge in [-0.2, -0.15) is 0 Å². The first-order chi connectivity index (χ1) is 8.42. The van der Waals surface area contributed by atoms with Gasteiger partial charge in [0, 0.05) is 16.9 Å². The molecule has 0 aromatic carbocycles. The van der Waals surface area contributed by atoms with Crippen molar-refractivity contribution in [2.75, 3.05) is 7.11 Å². The van der Waals surface area contributed by atoms with Crippen LogP contribution in [0.15, 0.2) is 11.1 Å². The van der Waals surface area contributed by atoms with E-state index in [9.17, 15) is 4.79 Å². The molecule has 1 heterocycles. The third kappa shape index (κ3) is 4.64. The normalized spacial score (nSPS) is 12.6. The van der Waals surface area contributed by atoms with E-state index in [0.717, 1.165) is 16.5 Å². The predicted molar refractivity (Wildman–Crippen MR) is 72.8 cm³/mol. The lowest BCUT2D eigenvalue weighted by atomic mass is 10.2. The van der Waals surface area contributed by atoms with E-state index in [1.54, 1.807) is 11.8 Å². The Morgan fingerprint density at radius 2 is 2.06 bits per heavy atom. The second-order valence-corrected chi connectivity index (χ2v) is 6.03. The number of methoxy groups -OCH3 is 1. The van der Waals surface area contributed by atoms with E-state index in [-0.39, 0.29) is 11.2 Å². The van der Waals surface area contributed by atoms with Crippen LogP contribution >= 0.6 is 11.8 Å². The van der Waals surface area contributed by atoms with Crippen molar-refractivity contribution in [2.24, 2.45) is 0 Å². The number of hydrogen-bond donors (Lipinski definition) is 0. The molecule has 1 aromatic heterocycles. The van der Waals surface area contributed by atoms with E-state index < -0.39 is 0 Å². The summed E-state index contributed by atoms with van der Waals surface area (Å²) >= 11 is 1.58. The van der Waals surface area contributed by atoms with E-state index >= 15 is 0 Å². The summed E-state index contributed by atoms with van der Waals surface area (Å²) in [6, 6.07) is 1.95. The van der Waals surface area contributed by atoms with E-state index in [2.05, 4.69) is 28.6 Å². The third-order valence-corrected chi connectivity index (χ3v) is 3.39. The Balaban J connectivity index is 2.75. The zero-order valence-corrected chi connectivity index (χ0v) is 12.4. The van der Waals surface area contributed by atoms with Crippen LogP contribution in [0.4, 0.5) is 0 Å². The Morgan fingerprint density at radius 1 is 1.39 bits per heavy atom. The van der Waals surface area contributed by atoms with Crippen LogP contribution in [-0.2, 0) is 9.53 Å². The highest BCUT2D eigenvalue weighted by molar-refractivity contribution is 7.99. The number of nitrogens with zero attached hydrogens (tertiary/aromatic N) is 2. The fourth-order valence-corrected chi connectivity index (χ4v) is 2.46. The van der Waals surface area contributed by atoms with Crippen LogP contribution in [0.1, 0.15) is 44.6 Å². The maximum atomic E-state index is 11.2. The second kappa shape index (κ2) is 6.73. The molecule has 18 heavy (non-hydrogen) atoms. The smallest absolute Gasteiger partial charge is 0.306 e.